The Bertz CT molecular complexity index is 1400. The quantitative estimate of drug-likeness (QED) is 0.256. The number of esters is 1. The molecule has 4 atom stereocenters. The molecule has 1 aliphatic heterocycles. The van der Waals surface area contributed by atoms with Gasteiger partial charge in [-0.05, 0) is 17.7 Å². The smallest absolute Gasteiger partial charge is 0.416 e. The van der Waals surface area contributed by atoms with E-state index in [4.69, 9.17) is 25.8 Å². The summed E-state index contributed by atoms with van der Waals surface area (Å²) in [4.78, 5) is 17.4. The zero-order chi connectivity index (χ0) is 27.7. The van der Waals surface area contributed by atoms with Gasteiger partial charge in [0.1, 0.15) is 16.8 Å². The number of hydrogen-bond donors (Lipinski definition) is 3. The van der Waals surface area contributed by atoms with Crippen molar-refractivity contribution in [3.63, 3.8) is 0 Å². The van der Waals surface area contributed by atoms with Gasteiger partial charge in [-0.25, -0.2) is 4.98 Å². The first-order valence-corrected chi connectivity index (χ1v) is 11.6. The molecule has 38 heavy (non-hydrogen) atoms. The van der Waals surface area contributed by atoms with Crippen LogP contribution in [0.2, 0.25) is 5.15 Å². The molecule has 1 fully saturated rings. The Morgan fingerprint density at radius 2 is 1.68 bits per heavy atom. The average molecular weight is 552 g/mol. The van der Waals surface area contributed by atoms with Gasteiger partial charge in [-0.15, -0.1) is 0 Å². The van der Waals surface area contributed by atoms with Crippen molar-refractivity contribution in [2.45, 2.75) is 29.1 Å². The fraction of sp³-hybridized carbons (Fsp3) is 0.308. The summed E-state index contributed by atoms with van der Waals surface area (Å²) in [6.45, 7) is 0. The summed E-state index contributed by atoms with van der Waals surface area (Å²) in [5, 5.41) is 35.9. The van der Waals surface area contributed by atoms with Gasteiger partial charge in [0.2, 0.25) is 11.7 Å². The molecular weight excluding hydrogens is 531 g/mol. The zero-order valence-electron chi connectivity index (χ0n) is 19.9. The van der Waals surface area contributed by atoms with E-state index in [2.05, 4.69) is 4.98 Å². The van der Waals surface area contributed by atoms with Gasteiger partial charge in [0, 0.05) is 11.6 Å². The molecule has 3 aromatic rings. The molecule has 0 saturated heterocycles. The molecule has 2 aliphatic rings. The van der Waals surface area contributed by atoms with Crippen LogP contribution >= 0.6 is 11.6 Å². The monoisotopic (exact) mass is 551 g/mol. The highest BCUT2D eigenvalue weighted by molar-refractivity contribution is 6.29. The highest BCUT2D eigenvalue weighted by Crippen LogP contribution is 2.71. The van der Waals surface area contributed by atoms with Crippen LogP contribution in [0.5, 0.6) is 11.6 Å². The first kappa shape index (κ1) is 26.2. The SMILES string of the molecule is COC(=O)[C@H]1[C@@H](c2ccccc2)C2(c3ccc(C(F)(F)F)cc3)Oc3cc(Cl)nc(OC)c3[C@@]1(O)C2(O)O. The second-order valence-electron chi connectivity index (χ2n) is 9.07. The predicted molar refractivity (Wildman–Crippen MR) is 125 cm³/mol. The molecule has 0 amide bonds. The number of ether oxygens (including phenoxy) is 3. The number of halogens is 4. The van der Waals surface area contributed by atoms with Gasteiger partial charge >= 0.3 is 12.1 Å². The fourth-order valence-electron chi connectivity index (χ4n) is 5.75. The molecule has 2 heterocycles. The van der Waals surface area contributed by atoms with Crippen LogP contribution in [0.1, 0.15) is 28.2 Å². The summed E-state index contributed by atoms with van der Waals surface area (Å²) in [6, 6.07) is 12.7. The Labute approximate surface area is 219 Å². The number of aromatic nitrogens is 1. The Hall–Kier alpha value is -3.38. The maximum atomic E-state index is 13.4. The lowest BCUT2D eigenvalue weighted by molar-refractivity contribution is -0.341. The number of aliphatic hydroxyl groups is 3. The van der Waals surface area contributed by atoms with Crippen molar-refractivity contribution >= 4 is 17.6 Å². The second-order valence-corrected chi connectivity index (χ2v) is 9.46. The van der Waals surface area contributed by atoms with Crippen LogP contribution in [-0.2, 0) is 26.9 Å². The fourth-order valence-corrected chi connectivity index (χ4v) is 5.92. The lowest BCUT2D eigenvalue weighted by Crippen LogP contribution is -2.65. The Balaban J connectivity index is 1.92. The molecule has 200 valence electrons. The minimum absolute atomic E-state index is 0.152. The molecule has 8 nitrogen and oxygen atoms in total. The van der Waals surface area contributed by atoms with Gasteiger partial charge in [0.25, 0.3) is 0 Å². The topological polar surface area (TPSA) is 118 Å². The number of pyridine rings is 1. The largest absolute Gasteiger partial charge is 0.481 e. The molecule has 0 spiro atoms. The van der Waals surface area contributed by atoms with E-state index in [0.717, 1.165) is 31.4 Å². The molecule has 12 heteroatoms. The number of fused-ring (bicyclic) bond motifs is 4. The molecule has 1 aromatic heterocycles. The molecule has 2 aromatic carbocycles. The lowest BCUT2D eigenvalue weighted by Gasteiger charge is -2.49. The van der Waals surface area contributed by atoms with Crippen molar-refractivity contribution in [2.75, 3.05) is 14.2 Å². The number of hydrogen-bond acceptors (Lipinski definition) is 8. The van der Waals surface area contributed by atoms with E-state index in [1.54, 1.807) is 30.3 Å². The third kappa shape index (κ3) is 3.29. The summed E-state index contributed by atoms with van der Waals surface area (Å²) in [7, 11) is 2.24. The molecule has 0 radical (unpaired) electrons. The van der Waals surface area contributed by atoms with Crippen molar-refractivity contribution < 1.29 is 47.5 Å². The number of alkyl halides is 3. The van der Waals surface area contributed by atoms with Gasteiger partial charge < -0.3 is 29.5 Å². The maximum absolute atomic E-state index is 13.4. The van der Waals surface area contributed by atoms with E-state index in [9.17, 15) is 33.3 Å². The molecule has 2 bridgehead atoms. The highest BCUT2D eigenvalue weighted by Gasteiger charge is 2.84. The van der Waals surface area contributed by atoms with Crippen LogP contribution in [0, 0.1) is 5.92 Å². The van der Waals surface area contributed by atoms with Gasteiger partial charge in [0.15, 0.2) is 11.2 Å². The lowest BCUT2D eigenvalue weighted by atomic mass is 9.74. The van der Waals surface area contributed by atoms with E-state index in [-0.39, 0.29) is 27.9 Å². The van der Waals surface area contributed by atoms with Crippen LogP contribution in [0.4, 0.5) is 13.2 Å². The molecule has 1 unspecified atom stereocenters. The molecule has 1 saturated carbocycles. The van der Waals surface area contributed by atoms with E-state index in [1.807, 2.05) is 0 Å². The Morgan fingerprint density at radius 1 is 1.05 bits per heavy atom. The molecule has 5 rings (SSSR count). The minimum atomic E-state index is -4.68. The van der Waals surface area contributed by atoms with Crippen LogP contribution in [-0.4, -0.2) is 46.3 Å². The van der Waals surface area contributed by atoms with E-state index in [0.29, 0.717) is 5.56 Å². The first-order valence-electron chi connectivity index (χ1n) is 11.3. The van der Waals surface area contributed by atoms with Crippen molar-refractivity contribution in [1.82, 2.24) is 4.98 Å². The van der Waals surface area contributed by atoms with Crippen molar-refractivity contribution in [2.24, 2.45) is 5.92 Å². The van der Waals surface area contributed by atoms with Gasteiger partial charge in [-0.3, -0.25) is 4.79 Å². The summed E-state index contributed by atoms with van der Waals surface area (Å²) < 4.78 is 56.6. The van der Waals surface area contributed by atoms with E-state index >= 15 is 0 Å². The molecular formula is C26H21ClF3NO7. The standard InChI is InChI=1S/C26H21ClF3NO7/c1-36-21-19-16(12-17(27)31-21)38-24(14-8-10-15(11-9-14)25(28,29)30)18(13-6-4-3-5-7-13)20(22(32)37-2)23(19,33)26(24,34)35/h3-12,18,20,33-35H,1-2H3/t18-,20-,23+,24?/m1/s1. The van der Waals surface area contributed by atoms with Gasteiger partial charge in [-0.1, -0.05) is 54.1 Å². The summed E-state index contributed by atoms with van der Waals surface area (Å²) >= 11 is 6.14. The first-order chi connectivity index (χ1) is 17.8. The summed E-state index contributed by atoms with van der Waals surface area (Å²) in [6.07, 6.45) is -4.68. The molecule has 3 N–H and O–H groups in total. The third-order valence-electron chi connectivity index (χ3n) is 7.29. The second kappa shape index (κ2) is 8.57. The van der Waals surface area contributed by atoms with E-state index in [1.165, 1.54) is 13.2 Å². The van der Waals surface area contributed by atoms with Gasteiger partial charge in [0.05, 0.1) is 31.3 Å². The maximum Gasteiger partial charge on any atom is 0.416 e. The van der Waals surface area contributed by atoms with Gasteiger partial charge in [-0.2, -0.15) is 13.2 Å². The zero-order valence-corrected chi connectivity index (χ0v) is 20.6. The molecule has 1 aliphatic carbocycles. The van der Waals surface area contributed by atoms with Crippen LogP contribution in [0.3, 0.4) is 0 Å². The number of rotatable bonds is 4. The third-order valence-corrected chi connectivity index (χ3v) is 7.48. The summed E-state index contributed by atoms with van der Waals surface area (Å²) in [5.74, 6) is -8.11. The highest BCUT2D eigenvalue weighted by atomic mass is 35.5. The normalized spacial score (nSPS) is 27.3. The Morgan fingerprint density at radius 3 is 2.24 bits per heavy atom. The number of carbonyl (C=O) groups is 1. The number of methoxy groups -OCH3 is 2. The van der Waals surface area contributed by atoms with Crippen molar-refractivity contribution in [3.05, 3.63) is 88.1 Å². The van der Waals surface area contributed by atoms with Crippen molar-refractivity contribution in [1.29, 1.82) is 0 Å². The number of nitrogens with zero attached hydrogens (tertiary/aromatic N) is 1. The Kier molecular flexibility index (Phi) is 5.91. The van der Waals surface area contributed by atoms with Crippen LogP contribution in [0.25, 0.3) is 0 Å². The predicted octanol–water partition coefficient (Wildman–Crippen LogP) is 3.51. The number of carbonyl (C=O) groups excluding carboxylic acids is 1. The number of benzene rings is 2. The minimum Gasteiger partial charge on any atom is -0.481 e. The average Bonchev–Trinajstić information content (AvgIpc) is 2.96. The van der Waals surface area contributed by atoms with Crippen molar-refractivity contribution in [3.8, 4) is 11.6 Å². The van der Waals surface area contributed by atoms with E-state index < -0.39 is 46.5 Å². The van der Waals surface area contributed by atoms with Crippen LogP contribution in [0.15, 0.2) is 60.7 Å². The van der Waals surface area contributed by atoms with Crippen LogP contribution < -0.4 is 9.47 Å². The summed E-state index contributed by atoms with van der Waals surface area (Å²) in [5.41, 5.74) is -6.57.